The molecule has 0 bridgehead atoms. The molecule has 0 saturated heterocycles. The van der Waals surface area contributed by atoms with Crippen LogP contribution < -0.4 is 5.73 Å². The lowest BCUT2D eigenvalue weighted by Gasteiger charge is -2.16. The quantitative estimate of drug-likeness (QED) is 0.939. The van der Waals surface area contributed by atoms with Crippen molar-refractivity contribution in [3.63, 3.8) is 0 Å². The number of rotatable bonds is 4. The largest absolute Gasteiger partial charge is 0.384 e. The van der Waals surface area contributed by atoms with Crippen molar-refractivity contribution >= 4 is 11.7 Å². The molecule has 5 heteroatoms. The van der Waals surface area contributed by atoms with Crippen molar-refractivity contribution in [2.75, 3.05) is 18.8 Å². The van der Waals surface area contributed by atoms with Crippen LogP contribution in [0.1, 0.15) is 35.5 Å². The first-order chi connectivity index (χ1) is 9.99. The molecule has 1 amide bonds. The van der Waals surface area contributed by atoms with Gasteiger partial charge in [-0.2, -0.15) is 5.10 Å². The van der Waals surface area contributed by atoms with E-state index in [1.54, 1.807) is 15.6 Å². The highest BCUT2D eigenvalue weighted by atomic mass is 16.2. The normalized spacial score (nSPS) is 10.7. The van der Waals surface area contributed by atoms with Gasteiger partial charge in [0.05, 0.1) is 5.69 Å². The lowest BCUT2D eigenvalue weighted by Crippen LogP contribution is -2.30. The van der Waals surface area contributed by atoms with Crippen molar-refractivity contribution < 1.29 is 4.79 Å². The molecular weight excluding hydrogens is 264 g/mol. The van der Waals surface area contributed by atoms with Crippen molar-refractivity contribution in [1.82, 2.24) is 14.7 Å². The van der Waals surface area contributed by atoms with Gasteiger partial charge in [0, 0.05) is 19.2 Å². The van der Waals surface area contributed by atoms with Crippen molar-refractivity contribution in [2.24, 2.45) is 0 Å². The summed E-state index contributed by atoms with van der Waals surface area (Å²) in [6.07, 6.45) is 0. The highest BCUT2D eigenvalue weighted by Gasteiger charge is 2.18. The fourth-order valence-corrected chi connectivity index (χ4v) is 2.33. The predicted octanol–water partition coefficient (Wildman–Crippen LogP) is 2.55. The minimum atomic E-state index is -0.0873. The van der Waals surface area contributed by atoms with Crippen LogP contribution in [0.25, 0.3) is 5.69 Å². The molecule has 0 aliphatic carbocycles. The van der Waals surface area contributed by atoms with E-state index in [0.717, 1.165) is 11.3 Å². The fraction of sp³-hybridized carbons (Fsp3) is 0.375. The number of hydrogen-bond donors (Lipinski definition) is 1. The molecular formula is C16H22N4O. The summed E-state index contributed by atoms with van der Waals surface area (Å²) in [5, 5.41) is 4.40. The zero-order chi connectivity index (χ0) is 15.6. The summed E-state index contributed by atoms with van der Waals surface area (Å²) in [6, 6.07) is 7.60. The Labute approximate surface area is 125 Å². The molecule has 5 nitrogen and oxygen atoms in total. The zero-order valence-electron chi connectivity index (χ0n) is 13.1. The molecule has 0 spiro atoms. The number of carbonyl (C=O) groups is 1. The van der Waals surface area contributed by atoms with Gasteiger partial charge in [0.15, 0.2) is 5.69 Å². The Morgan fingerprint density at radius 1 is 1.29 bits per heavy atom. The third kappa shape index (κ3) is 2.77. The van der Waals surface area contributed by atoms with Gasteiger partial charge in [0.25, 0.3) is 5.91 Å². The third-order valence-corrected chi connectivity index (χ3v) is 3.81. The maximum absolute atomic E-state index is 12.4. The minimum Gasteiger partial charge on any atom is -0.384 e. The molecule has 0 saturated carbocycles. The summed E-state index contributed by atoms with van der Waals surface area (Å²) >= 11 is 0. The summed E-state index contributed by atoms with van der Waals surface area (Å²) in [5.41, 5.74) is 9.61. The Morgan fingerprint density at radius 2 is 1.95 bits per heavy atom. The third-order valence-electron chi connectivity index (χ3n) is 3.81. The van der Waals surface area contributed by atoms with Crippen LogP contribution in [-0.4, -0.2) is 33.7 Å². The van der Waals surface area contributed by atoms with E-state index < -0.39 is 0 Å². The van der Waals surface area contributed by atoms with E-state index in [2.05, 4.69) is 5.10 Å². The van der Waals surface area contributed by atoms with Crippen LogP contribution in [0.15, 0.2) is 24.3 Å². The molecule has 0 fully saturated rings. The second kappa shape index (κ2) is 5.99. The van der Waals surface area contributed by atoms with Crippen molar-refractivity contribution in [2.45, 2.75) is 27.7 Å². The number of carbonyl (C=O) groups excluding carboxylic acids is 1. The van der Waals surface area contributed by atoms with Crippen molar-refractivity contribution in [1.29, 1.82) is 0 Å². The molecule has 21 heavy (non-hydrogen) atoms. The molecule has 0 unspecified atom stereocenters. The summed E-state index contributed by atoms with van der Waals surface area (Å²) in [6.45, 7) is 9.29. The van der Waals surface area contributed by atoms with Gasteiger partial charge >= 0.3 is 0 Å². The number of anilines is 1. The van der Waals surface area contributed by atoms with Crippen LogP contribution in [0.5, 0.6) is 0 Å². The second-order valence-corrected chi connectivity index (χ2v) is 5.06. The van der Waals surface area contributed by atoms with Crippen molar-refractivity contribution in [3.05, 3.63) is 41.1 Å². The highest BCUT2D eigenvalue weighted by Crippen LogP contribution is 2.21. The Balaban J connectivity index is 2.44. The van der Waals surface area contributed by atoms with Crippen LogP contribution in [0, 0.1) is 13.8 Å². The van der Waals surface area contributed by atoms with E-state index in [1.165, 1.54) is 5.56 Å². The molecule has 1 aromatic carbocycles. The predicted molar refractivity (Wildman–Crippen MR) is 84.7 cm³/mol. The SMILES string of the molecule is CCN(CC)C(=O)c1cc(N)n(-c2cccc(C)c2C)n1. The molecule has 2 N–H and O–H groups in total. The average Bonchev–Trinajstić information content (AvgIpc) is 2.85. The molecule has 1 heterocycles. The molecule has 0 atom stereocenters. The zero-order valence-corrected chi connectivity index (χ0v) is 13.1. The topological polar surface area (TPSA) is 64.2 Å². The van der Waals surface area contributed by atoms with Gasteiger partial charge in [0.2, 0.25) is 0 Å². The van der Waals surface area contributed by atoms with Gasteiger partial charge in [-0.1, -0.05) is 12.1 Å². The van der Waals surface area contributed by atoms with Gasteiger partial charge < -0.3 is 10.6 Å². The molecule has 2 aromatic rings. The number of amides is 1. The van der Waals surface area contributed by atoms with Crippen molar-refractivity contribution in [3.8, 4) is 5.69 Å². The number of hydrogen-bond acceptors (Lipinski definition) is 3. The van der Waals surface area contributed by atoms with Gasteiger partial charge in [-0.25, -0.2) is 4.68 Å². The Hall–Kier alpha value is -2.30. The van der Waals surface area contributed by atoms with E-state index in [9.17, 15) is 4.79 Å². The Kier molecular flexibility index (Phi) is 4.31. The number of nitrogen functional groups attached to an aromatic ring is 1. The summed E-state index contributed by atoms with van der Waals surface area (Å²) in [5.74, 6) is 0.384. The Bertz CT molecular complexity index is 656. The average molecular weight is 286 g/mol. The smallest absolute Gasteiger partial charge is 0.274 e. The van der Waals surface area contributed by atoms with Gasteiger partial charge in [-0.15, -0.1) is 0 Å². The van der Waals surface area contributed by atoms with Crippen LogP contribution in [0.2, 0.25) is 0 Å². The molecule has 0 radical (unpaired) electrons. The molecule has 2 rings (SSSR count). The molecule has 112 valence electrons. The number of nitrogens with zero attached hydrogens (tertiary/aromatic N) is 3. The van der Waals surface area contributed by atoms with Crippen LogP contribution in [0.4, 0.5) is 5.82 Å². The standard InChI is InChI=1S/C16H22N4O/c1-5-19(6-2)16(21)13-10-15(17)20(18-13)14-9-7-8-11(3)12(14)4/h7-10H,5-6,17H2,1-4H3. The first-order valence-electron chi connectivity index (χ1n) is 7.21. The summed E-state index contributed by atoms with van der Waals surface area (Å²) in [4.78, 5) is 14.1. The van der Waals surface area contributed by atoms with E-state index in [0.29, 0.717) is 24.6 Å². The van der Waals surface area contributed by atoms with E-state index in [1.807, 2.05) is 45.9 Å². The van der Waals surface area contributed by atoms with Gasteiger partial charge in [-0.3, -0.25) is 4.79 Å². The van der Waals surface area contributed by atoms with Crippen LogP contribution in [-0.2, 0) is 0 Å². The van der Waals surface area contributed by atoms with Crippen LogP contribution in [0.3, 0.4) is 0 Å². The minimum absolute atomic E-state index is 0.0873. The first kappa shape index (κ1) is 15.1. The lowest BCUT2D eigenvalue weighted by molar-refractivity contribution is 0.0766. The van der Waals surface area contributed by atoms with E-state index in [4.69, 9.17) is 5.73 Å². The molecule has 1 aromatic heterocycles. The monoisotopic (exact) mass is 286 g/mol. The fourth-order valence-electron chi connectivity index (χ4n) is 2.33. The number of nitrogens with two attached hydrogens (primary N) is 1. The first-order valence-corrected chi connectivity index (χ1v) is 7.21. The highest BCUT2D eigenvalue weighted by molar-refractivity contribution is 5.93. The number of aryl methyl sites for hydroxylation is 1. The second-order valence-electron chi connectivity index (χ2n) is 5.06. The maximum atomic E-state index is 12.4. The van der Waals surface area contributed by atoms with Gasteiger partial charge in [0.1, 0.15) is 5.82 Å². The summed E-state index contributed by atoms with van der Waals surface area (Å²) < 4.78 is 1.64. The molecule has 0 aliphatic rings. The number of aromatic nitrogens is 2. The Morgan fingerprint density at radius 3 is 2.57 bits per heavy atom. The number of benzene rings is 1. The van der Waals surface area contributed by atoms with E-state index >= 15 is 0 Å². The van der Waals surface area contributed by atoms with Crippen LogP contribution >= 0.6 is 0 Å². The lowest BCUT2D eigenvalue weighted by atomic mass is 10.1. The molecule has 0 aliphatic heterocycles. The van der Waals surface area contributed by atoms with Gasteiger partial charge in [-0.05, 0) is 44.9 Å². The van der Waals surface area contributed by atoms with E-state index in [-0.39, 0.29) is 5.91 Å². The maximum Gasteiger partial charge on any atom is 0.274 e. The summed E-state index contributed by atoms with van der Waals surface area (Å²) in [7, 11) is 0.